The van der Waals surface area contributed by atoms with Gasteiger partial charge in [-0.2, -0.15) is 5.10 Å². The second kappa shape index (κ2) is 5.18. The summed E-state index contributed by atoms with van der Waals surface area (Å²) in [5.41, 5.74) is 0.882. The molecule has 0 atom stereocenters. The lowest BCUT2D eigenvalue weighted by Gasteiger charge is -2.16. The quantitative estimate of drug-likeness (QED) is 0.840. The molecule has 0 aliphatic heterocycles. The molecule has 2 rings (SSSR count). The number of anilines is 1. The molecule has 2 N–H and O–H groups in total. The van der Waals surface area contributed by atoms with E-state index in [1.165, 1.54) is 12.8 Å². The van der Waals surface area contributed by atoms with E-state index in [9.17, 15) is 4.79 Å². The van der Waals surface area contributed by atoms with Gasteiger partial charge in [0.25, 0.3) is 5.56 Å². The Labute approximate surface area is 108 Å². The lowest BCUT2D eigenvalue weighted by Crippen LogP contribution is -2.19. The topological polar surface area (TPSA) is 67.0 Å². The Hall–Kier alpha value is -0.880. The molecule has 1 aliphatic carbocycles. The summed E-state index contributed by atoms with van der Waals surface area (Å²) in [5, 5.41) is 9.43. The molecule has 1 heterocycles. The Morgan fingerprint density at radius 2 is 2.41 bits per heavy atom. The summed E-state index contributed by atoms with van der Waals surface area (Å²) < 4.78 is 5.62. The van der Waals surface area contributed by atoms with Gasteiger partial charge in [-0.25, -0.2) is 5.10 Å². The lowest BCUT2D eigenvalue weighted by molar-refractivity contribution is 0.175. The van der Waals surface area contributed by atoms with E-state index in [1.54, 1.807) is 13.3 Å². The molecule has 1 aromatic heterocycles. The molecule has 1 saturated carbocycles. The largest absolute Gasteiger partial charge is 0.385 e. The van der Waals surface area contributed by atoms with Gasteiger partial charge in [0.2, 0.25) is 0 Å². The van der Waals surface area contributed by atoms with Gasteiger partial charge in [-0.3, -0.25) is 4.79 Å². The van der Waals surface area contributed by atoms with Crippen LogP contribution in [0, 0.1) is 5.41 Å². The van der Waals surface area contributed by atoms with E-state index >= 15 is 0 Å². The molecule has 1 fully saturated rings. The van der Waals surface area contributed by atoms with E-state index in [4.69, 9.17) is 4.74 Å². The first-order valence-corrected chi connectivity index (χ1v) is 6.42. The highest BCUT2D eigenvalue weighted by atomic mass is 79.9. The van der Waals surface area contributed by atoms with Crippen LogP contribution in [0.5, 0.6) is 0 Å². The zero-order chi connectivity index (χ0) is 12.3. The minimum absolute atomic E-state index is 0.211. The molecule has 5 nitrogen and oxygen atoms in total. The van der Waals surface area contributed by atoms with Gasteiger partial charge in [0.05, 0.1) is 11.9 Å². The maximum Gasteiger partial charge on any atom is 0.280 e. The highest BCUT2D eigenvalue weighted by Gasteiger charge is 2.41. The first-order chi connectivity index (χ1) is 8.17. The van der Waals surface area contributed by atoms with Crippen LogP contribution in [0.2, 0.25) is 0 Å². The number of hydrogen-bond acceptors (Lipinski definition) is 4. The molecule has 6 heteroatoms. The number of nitrogens with one attached hydrogen (secondary N) is 2. The fraction of sp³-hybridized carbons (Fsp3) is 0.636. The number of rotatable bonds is 6. The van der Waals surface area contributed by atoms with Gasteiger partial charge in [0, 0.05) is 20.3 Å². The summed E-state index contributed by atoms with van der Waals surface area (Å²) in [6, 6.07) is 0. The van der Waals surface area contributed by atoms with Crippen LogP contribution in [0.1, 0.15) is 19.3 Å². The van der Waals surface area contributed by atoms with E-state index in [0.717, 1.165) is 25.3 Å². The average Bonchev–Trinajstić information content (AvgIpc) is 3.09. The molecule has 0 radical (unpaired) electrons. The molecule has 94 valence electrons. The normalized spacial score (nSPS) is 16.8. The Kier molecular flexibility index (Phi) is 3.83. The van der Waals surface area contributed by atoms with Crippen molar-refractivity contribution in [2.45, 2.75) is 19.3 Å². The Balaban J connectivity index is 1.94. The first-order valence-electron chi connectivity index (χ1n) is 5.63. The van der Waals surface area contributed by atoms with Crippen molar-refractivity contribution in [3.8, 4) is 0 Å². The van der Waals surface area contributed by atoms with Crippen LogP contribution >= 0.6 is 15.9 Å². The summed E-state index contributed by atoms with van der Waals surface area (Å²) in [7, 11) is 1.72. The van der Waals surface area contributed by atoms with Crippen molar-refractivity contribution in [1.82, 2.24) is 10.2 Å². The maximum atomic E-state index is 11.3. The van der Waals surface area contributed by atoms with Crippen molar-refractivity contribution in [2.75, 3.05) is 25.6 Å². The number of aromatic amines is 1. The fourth-order valence-electron chi connectivity index (χ4n) is 1.80. The first kappa shape index (κ1) is 12.6. The summed E-state index contributed by atoms with van der Waals surface area (Å²) in [4.78, 5) is 11.3. The van der Waals surface area contributed by atoms with E-state index in [2.05, 4.69) is 31.4 Å². The van der Waals surface area contributed by atoms with Gasteiger partial charge in [0.1, 0.15) is 4.47 Å². The molecule has 1 aromatic rings. The lowest BCUT2D eigenvalue weighted by atomic mass is 10.0. The third-order valence-corrected chi connectivity index (χ3v) is 4.03. The van der Waals surface area contributed by atoms with E-state index in [-0.39, 0.29) is 5.56 Å². The predicted octanol–water partition coefficient (Wildman–Crippen LogP) is 1.76. The number of ether oxygens (including phenoxy) is 1. The average molecular weight is 302 g/mol. The number of hydrogen-bond donors (Lipinski definition) is 2. The van der Waals surface area contributed by atoms with Gasteiger partial charge in [-0.05, 0) is 40.6 Å². The van der Waals surface area contributed by atoms with Crippen molar-refractivity contribution in [2.24, 2.45) is 5.41 Å². The van der Waals surface area contributed by atoms with Crippen LogP contribution in [-0.4, -0.2) is 30.5 Å². The second-order valence-corrected chi connectivity index (χ2v) is 5.32. The van der Waals surface area contributed by atoms with Gasteiger partial charge in [0.15, 0.2) is 0 Å². The van der Waals surface area contributed by atoms with Crippen LogP contribution in [0.15, 0.2) is 15.5 Å². The molecular weight excluding hydrogens is 286 g/mol. The zero-order valence-electron chi connectivity index (χ0n) is 9.75. The van der Waals surface area contributed by atoms with Gasteiger partial charge in [-0.15, -0.1) is 0 Å². The van der Waals surface area contributed by atoms with Crippen LogP contribution in [0.3, 0.4) is 0 Å². The van der Waals surface area contributed by atoms with Crippen molar-refractivity contribution < 1.29 is 4.74 Å². The molecular formula is C11H16BrN3O2. The third kappa shape index (κ3) is 3.07. The number of methoxy groups -OCH3 is 1. The zero-order valence-corrected chi connectivity index (χ0v) is 11.3. The molecule has 0 bridgehead atoms. The Bertz CT molecular complexity index is 443. The van der Waals surface area contributed by atoms with Crippen molar-refractivity contribution in [3.63, 3.8) is 0 Å². The van der Waals surface area contributed by atoms with Gasteiger partial charge >= 0.3 is 0 Å². The number of H-pyrrole nitrogens is 1. The second-order valence-electron chi connectivity index (χ2n) is 4.52. The van der Waals surface area contributed by atoms with Crippen LogP contribution in [0.4, 0.5) is 5.69 Å². The summed E-state index contributed by atoms with van der Waals surface area (Å²) in [6.07, 6.45) is 5.12. The van der Waals surface area contributed by atoms with Crippen molar-refractivity contribution >= 4 is 21.6 Å². The molecule has 0 spiro atoms. The molecule has 17 heavy (non-hydrogen) atoms. The molecule has 1 aliphatic rings. The molecule has 0 saturated heterocycles. The van der Waals surface area contributed by atoms with Crippen molar-refractivity contribution in [1.29, 1.82) is 0 Å². The van der Waals surface area contributed by atoms with Crippen LogP contribution < -0.4 is 10.9 Å². The highest BCUT2D eigenvalue weighted by Crippen LogP contribution is 2.48. The minimum Gasteiger partial charge on any atom is -0.385 e. The van der Waals surface area contributed by atoms with E-state index in [1.807, 2.05) is 0 Å². The van der Waals surface area contributed by atoms with Gasteiger partial charge < -0.3 is 10.1 Å². The Morgan fingerprint density at radius 1 is 1.65 bits per heavy atom. The predicted molar refractivity (Wildman–Crippen MR) is 69.2 cm³/mol. The summed E-state index contributed by atoms with van der Waals surface area (Å²) in [5.74, 6) is 0. The molecule has 0 aromatic carbocycles. The summed E-state index contributed by atoms with van der Waals surface area (Å²) in [6.45, 7) is 1.65. The SMILES string of the molecule is COCCC1(CNc2cn[nH]c(=O)c2Br)CC1. The van der Waals surface area contributed by atoms with Crippen LogP contribution in [0.25, 0.3) is 0 Å². The molecule has 0 unspecified atom stereocenters. The van der Waals surface area contributed by atoms with Crippen molar-refractivity contribution in [3.05, 3.63) is 21.0 Å². The monoisotopic (exact) mass is 301 g/mol. The standard InChI is InChI=1S/C11H16BrN3O2/c1-17-5-4-11(2-3-11)7-13-8-6-14-15-10(16)9(8)12/h6H,2-5,7H2,1H3,(H2,13,15,16). The smallest absolute Gasteiger partial charge is 0.280 e. The number of aromatic nitrogens is 2. The van der Waals surface area contributed by atoms with Crippen LogP contribution in [-0.2, 0) is 4.74 Å². The fourth-order valence-corrected chi connectivity index (χ4v) is 2.13. The highest BCUT2D eigenvalue weighted by molar-refractivity contribution is 9.10. The third-order valence-electron chi connectivity index (χ3n) is 3.24. The van der Waals surface area contributed by atoms with E-state index in [0.29, 0.717) is 9.89 Å². The van der Waals surface area contributed by atoms with E-state index < -0.39 is 0 Å². The Morgan fingerprint density at radius 3 is 3.06 bits per heavy atom. The minimum atomic E-state index is -0.211. The number of halogens is 1. The van der Waals surface area contributed by atoms with Gasteiger partial charge in [-0.1, -0.05) is 0 Å². The summed E-state index contributed by atoms with van der Waals surface area (Å²) >= 11 is 3.25. The maximum absolute atomic E-state index is 11.3. The number of nitrogens with zero attached hydrogens (tertiary/aromatic N) is 1. The molecule has 0 amide bonds.